The molecule has 1 heterocycles. The van der Waals surface area contributed by atoms with Crippen molar-refractivity contribution in [3.05, 3.63) is 63.3 Å². The third-order valence-electron chi connectivity index (χ3n) is 4.85. The van der Waals surface area contributed by atoms with Crippen LogP contribution in [0.5, 0.6) is 5.75 Å². The molecular formula is C21H18Cl2N2O5. The van der Waals surface area contributed by atoms with E-state index < -0.39 is 24.3 Å². The molecule has 1 atom stereocenters. The van der Waals surface area contributed by atoms with Crippen LogP contribution in [0.3, 0.4) is 0 Å². The fraction of sp³-hybridized carbons (Fsp3) is 0.190. The Morgan fingerprint density at radius 2 is 1.80 bits per heavy atom. The molecule has 0 saturated carbocycles. The molecule has 0 spiro atoms. The van der Waals surface area contributed by atoms with Crippen LogP contribution in [-0.2, 0) is 9.59 Å². The van der Waals surface area contributed by atoms with Gasteiger partial charge in [-0.2, -0.15) is 0 Å². The molecule has 1 aromatic heterocycles. The van der Waals surface area contributed by atoms with Crippen molar-refractivity contribution in [2.24, 2.45) is 0 Å². The van der Waals surface area contributed by atoms with Crippen LogP contribution in [0, 0.1) is 6.92 Å². The molecule has 3 N–H and O–H groups in total. The van der Waals surface area contributed by atoms with Crippen molar-refractivity contribution in [2.45, 2.75) is 19.8 Å². The minimum Gasteiger partial charge on any atom is -0.508 e. The number of phenols is 1. The number of hydrogen-bond acceptors (Lipinski definition) is 4. The van der Waals surface area contributed by atoms with Gasteiger partial charge in [-0.3, -0.25) is 19.0 Å². The molecule has 3 aromatic rings. The van der Waals surface area contributed by atoms with Gasteiger partial charge in [0.05, 0.1) is 21.5 Å². The summed E-state index contributed by atoms with van der Waals surface area (Å²) in [6, 6.07) is 9.02. The Labute approximate surface area is 181 Å². The molecule has 7 nitrogen and oxygen atoms in total. The van der Waals surface area contributed by atoms with Gasteiger partial charge in [-0.1, -0.05) is 23.2 Å². The number of halogens is 2. The van der Waals surface area contributed by atoms with E-state index in [2.05, 4.69) is 5.32 Å². The molecule has 30 heavy (non-hydrogen) atoms. The molecule has 1 unspecified atom stereocenters. The first-order valence-electron chi connectivity index (χ1n) is 8.95. The summed E-state index contributed by atoms with van der Waals surface area (Å²) in [4.78, 5) is 36.5. The Bertz CT molecular complexity index is 1190. The van der Waals surface area contributed by atoms with Crippen LogP contribution in [0.25, 0.3) is 10.9 Å². The predicted molar refractivity (Wildman–Crippen MR) is 114 cm³/mol. The van der Waals surface area contributed by atoms with Gasteiger partial charge in [0.1, 0.15) is 12.3 Å². The minimum absolute atomic E-state index is 0.0268. The first kappa shape index (κ1) is 21.7. The largest absolute Gasteiger partial charge is 0.508 e. The second-order valence-electron chi connectivity index (χ2n) is 6.80. The molecule has 9 heteroatoms. The van der Waals surface area contributed by atoms with E-state index in [0.717, 1.165) is 0 Å². The van der Waals surface area contributed by atoms with Crippen molar-refractivity contribution in [2.75, 3.05) is 6.54 Å². The Morgan fingerprint density at radius 3 is 2.43 bits per heavy atom. The number of benzene rings is 2. The van der Waals surface area contributed by atoms with Gasteiger partial charge in [0.25, 0.3) is 5.91 Å². The third-order valence-corrected chi connectivity index (χ3v) is 5.59. The van der Waals surface area contributed by atoms with E-state index in [9.17, 15) is 19.5 Å². The molecule has 0 radical (unpaired) electrons. The number of aromatic hydroxyl groups is 1. The number of amides is 1. The lowest BCUT2D eigenvalue weighted by Crippen LogP contribution is -2.32. The van der Waals surface area contributed by atoms with Crippen molar-refractivity contribution in [3.63, 3.8) is 0 Å². The van der Waals surface area contributed by atoms with E-state index in [4.69, 9.17) is 28.3 Å². The molecular weight excluding hydrogens is 431 g/mol. The maximum absolute atomic E-state index is 13.3. The maximum Gasteiger partial charge on any atom is 0.322 e. The van der Waals surface area contributed by atoms with E-state index in [1.165, 1.54) is 28.8 Å². The summed E-state index contributed by atoms with van der Waals surface area (Å²) in [5, 5.41) is 22.2. The molecule has 0 aliphatic rings. The third kappa shape index (κ3) is 3.99. The van der Waals surface area contributed by atoms with E-state index >= 15 is 0 Å². The SMILES string of the molecule is Cc1c(C(C)C(=O)NCC(=O)O)c2cc(O)ccc2n1C(=O)c1ccc(Cl)c(Cl)c1. The zero-order valence-electron chi connectivity index (χ0n) is 16.1. The number of aromatic nitrogens is 1. The second-order valence-corrected chi connectivity index (χ2v) is 7.62. The Hall–Kier alpha value is -3.03. The number of nitrogens with zero attached hydrogens (tertiary/aromatic N) is 1. The molecule has 0 bridgehead atoms. The standard InChI is InChI=1S/C21H18Cl2N2O5/c1-10(20(29)24-9-18(27)28)19-11(2)25(17-6-4-13(26)8-14(17)19)21(30)12-3-5-15(22)16(23)7-12/h3-8,10,26H,9H2,1-2H3,(H,24,29)(H,27,28). The molecule has 0 aliphatic carbocycles. The van der Waals surface area contributed by atoms with Crippen molar-refractivity contribution in [3.8, 4) is 5.75 Å². The topological polar surface area (TPSA) is 109 Å². The van der Waals surface area contributed by atoms with Crippen molar-refractivity contribution < 1.29 is 24.6 Å². The van der Waals surface area contributed by atoms with Crippen LogP contribution in [0.4, 0.5) is 0 Å². The van der Waals surface area contributed by atoms with E-state index in [1.807, 2.05) is 0 Å². The highest BCUT2D eigenvalue weighted by molar-refractivity contribution is 6.42. The van der Waals surface area contributed by atoms with Crippen LogP contribution in [0.2, 0.25) is 10.0 Å². The number of phenolic OH excluding ortho intramolecular Hbond substituents is 1. The van der Waals surface area contributed by atoms with Crippen molar-refractivity contribution >= 4 is 51.9 Å². The van der Waals surface area contributed by atoms with Crippen molar-refractivity contribution in [1.82, 2.24) is 9.88 Å². The van der Waals surface area contributed by atoms with Gasteiger partial charge in [0, 0.05) is 16.6 Å². The summed E-state index contributed by atoms with van der Waals surface area (Å²) >= 11 is 12.0. The monoisotopic (exact) mass is 448 g/mol. The van der Waals surface area contributed by atoms with Gasteiger partial charge >= 0.3 is 5.97 Å². The zero-order valence-corrected chi connectivity index (χ0v) is 17.6. The first-order valence-corrected chi connectivity index (χ1v) is 9.70. The fourth-order valence-corrected chi connectivity index (χ4v) is 3.74. The number of nitrogens with one attached hydrogen (secondary N) is 1. The lowest BCUT2D eigenvalue weighted by Gasteiger charge is -2.13. The van der Waals surface area contributed by atoms with Gasteiger partial charge < -0.3 is 15.5 Å². The quantitative estimate of drug-likeness (QED) is 0.547. The summed E-state index contributed by atoms with van der Waals surface area (Å²) in [7, 11) is 0. The molecule has 3 rings (SSSR count). The number of hydrogen-bond donors (Lipinski definition) is 3. The maximum atomic E-state index is 13.3. The number of carbonyl (C=O) groups is 3. The van der Waals surface area contributed by atoms with Gasteiger partial charge in [-0.05, 0) is 55.8 Å². The average Bonchev–Trinajstić information content (AvgIpc) is 2.97. The average molecular weight is 449 g/mol. The van der Waals surface area contributed by atoms with Gasteiger partial charge in [-0.25, -0.2) is 0 Å². The highest BCUT2D eigenvalue weighted by atomic mass is 35.5. The van der Waals surface area contributed by atoms with Crippen LogP contribution >= 0.6 is 23.2 Å². The van der Waals surface area contributed by atoms with Gasteiger partial charge in [0.2, 0.25) is 5.91 Å². The number of fused-ring (bicyclic) bond motifs is 1. The smallest absolute Gasteiger partial charge is 0.322 e. The predicted octanol–water partition coefficient (Wildman–Crippen LogP) is 3.95. The van der Waals surface area contributed by atoms with Crippen LogP contribution in [-0.4, -0.2) is 39.1 Å². The fourth-order valence-electron chi connectivity index (χ4n) is 3.44. The number of carboxylic acids is 1. The van der Waals surface area contributed by atoms with E-state index in [1.54, 1.807) is 26.0 Å². The van der Waals surface area contributed by atoms with E-state index in [0.29, 0.717) is 32.7 Å². The number of carboxylic acid groups (broad SMARTS) is 1. The Kier molecular flexibility index (Phi) is 6.05. The van der Waals surface area contributed by atoms with E-state index in [-0.39, 0.29) is 16.7 Å². The first-order chi connectivity index (χ1) is 14.1. The normalized spacial score (nSPS) is 12.0. The summed E-state index contributed by atoms with van der Waals surface area (Å²) in [5.74, 6) is -2.85. The van der Waals surface area contributed by atoms with Crippen LogP contribution in [0.1, 0.15) is 34.5 Å². The summed E-state index contributed by atoms with van der Waals surface area (Å²) in [6.45, 7) is 2.77. The highest BCUT2D eigenvalue weighted by Crippen LogP contribution is 2.35. The summed E-state index contributed by atoms with van der Waals surface area (Å²) in [5.41, 5.74) is 1.79. The Morgan fingerprint density at radius 1 is 1.10 bits per heavy atom. The Balaban J connectivity index is 2.15. The number of carbonyl (C=O) groups excluding carboxylic acids is 2. The molecule has 1 amide bonds. The summed E-state index contributed by atoms with van der Waals surface area (Å²) in [6.07, 6.45) is 0. The minimum atomic E-state index is -1.16. The lowest BCUT2D eigenvalue weighted by atomic mass is 9.97. The number of aliphatic carboxylic acids is 1. The molecule has 0 saturated heterocycles. The van der Waals surface area contributed by atoms with Gasteiger partial charge in [-0.15, -0.1) is 0 Å². The van der Waals surface area contributed by atoms with Crippen LogP contribution < -0.4 is 5.32 Å². The molecule has 0 aliphatic heterocycles. The second kappa shape index (κ2) is 8.38. The zero-order chi connectivity index (χ0) is 22.2. The van der Waals surface area contributed by atoms with Gasteiger partial charge in [0.15, 0.2) is 0 Å². The molecule has 0 fully saturated rings. The molecule has 2 aromatic carbocycles. The summed E-state index contributed by atoms with van der Waals surface area (Å²) < 4.78 is 1.44. The van der Waals surface area contributed by atoms with Crippen LogP contribution in [0.15, 0.2) is 36.4 Å². The highest BCUT2D eigenvalue weighted by Gasteiger charge is 2.27. The number of rotatable bonds is 5. The lowest BCUT2D eigenvalue weighted by molar-refractivity contribution is -0.138. The van der Waals surface area contributed by atoms with Crippen molar-refractivity contribution in [1.29, 1.82) is 0 Å². The molecule has 156 valence electrons.